The van der Waals surface area contributed by atoms with Gasteiger partial charge in [0.15, 0.2) is 0 Å². The maximum Gasteiger partial charge on any atom is 0.126 e. The predicted molar refractivity (Wildman–Crippen MR) is 47.9 cm³/mol. The van der Waals surface area contributed by atoms with Crippen molar-refractivity contribution in [3.8, 4) is 0 Å². The van der Waals surface area contributed by atoms with E-state index < -0.39 is 0 Å². The van der Waals surface area contributed by atoms with Gasteiger partial charge < -0.3 is 10.5 Å². The van der Waals surface area contributed by atoms with Crippen LogP contribution in [0.25, 0.3) is 0 Å². The van der Waals surface area contributed by atoms with E-state index in [1.165, 1.54) is 0 Å². The first-order valence-corrected chi connectivity index (χ1v) is 3.96. The second-order valence-corrected chi connectivity index (χ2v) is 2.65. The Kier molecular flexibility index (Phi) is 4.11. The molecule has 0 heterocycles. The number of methoxy groups -OCH3 is 1. The fourth-order valence-corrected chi connectivity index (χ4v) is 0.768. The number of amidine groups is 1. The summed E-state index contributed by atoms with van der Waals surface area (Å²) in [5.41, 5.74) is 5.33. The van der Waals surface area contributed by atoms with Crippen LogP contribution in [0.15, 0.2) is 4.99 Å². The van der Waals surface area contributed by atoms with E-state index in [1.54, 1.807) is 7.11 Å². The van der Waals surface area contributed by atoms with Gasteiger partial charge >= 0.3 is 0 Å². The molecule has 66 valence electrons. The summed E-state index contributed by atoms with van der Waals surface area (Å²) in [6, 6.07) is 0. The van der Waals surface area contributed by atoms with E-state index in [0.717, 1.165) is 6.42 Å². The van der Waals surface area contributed by atoms with E-state index >= 15 is 0 Å². The van der Waals surface area contributed by atoms with Gasteiger partial charge in [0.25, 0.3) is 0 Å². The summed E-state index contributed by atoms with van der Waals surface area (Å²) < 4.78 is 5.25. The van der Waals surface area contributed by atoms with Gasteiger partial charge in [0.1, 0.15) is 11.4 Å². The molecule has 0 aliphatic rings. The lowest BCUT2D eigenvalue weighted by atomic mass is 10.0. The van der Waals surface area contributed by atoms with Crippen molar-refractivity contribution >= 4 is 5.84 Å². The van der Waals surface area contributed by atoms with Gasteiger partial charge in [-0.2, -0.15) is 0 Å². The monoisotopic (exact) mass is 158 g/mol. The minimum Gasteiger partial charge on any atom is -0.385 e. The van der Waals surface area contributed by atoms with E-state index in [4.69, 9.17) is 10.5 Å². The molecule has 0 radical (unpaired) electrons. The third-order valence-corrected chi connectivity index (χ3v) is 2.00. The van der Waals surface area contributed by atoms with Gasteiger partial charge in [0.2, 0.25) is 0 Å². The molecule has 0 spiro atoms. The highest BCUT2D eigenvalue weighted by Crippen LogP contribution is 2.13. The SMILES string of the molecule is CCN=C(N)C(C)(CC)OC. The van der Waals surface area contributed by atoms with E-state index in [-0.39, 0.29) is 5.60 Å². The largest absolute Gasteiger partial charge is 0.385 e. The molecule has 1 atom stereocenters. The zero-order valence-corrected chi connectivity index (χ0v) is 7.85. The van der Waals surface area contributed by atoms with Crippen molar-refractivity contribution in [2.45, 2.75) is 32.8 Å². The lowest BCUT2D eigenvalue weighted by molar-refractivity contribution is 0.0618. The first-order valence-electron chi connectivity index (χ1n) is 3.96. The average Bonchev–Trinajstić information content (AvgIpc) is 2.03. The first kappa shape index (κ1) is 10.4. The fraction of sp³-hybridized carbons (Fsp3) is 0.875. The third-order valence-electron chi connectivity index (χ3n) is 2.00. The summed E-state index contributed by atoms with van der Waals surface area (Å²) in [5, 5.41) is 0. The molecule has 0 rings (SSSR count). The van der Waals surface area contributed by atoms with Crippen LogP contribution in [0.5, 0.6) is 0 Å². The Bertz CT molecular complexity index is 139. The highest BCUT2D eigenvalue weighted by atomic mass is 16.5. The van der Waals surface area contributed by atoms with Crippen molar-refractivity contribution in [3.05, 3.63) is 0 Å². The number of hydrogen-bond acceptors (Lipinski definition) is 2. The third kappa shape index (κ3) is 2.50. The predicted octanol–water partition coefficient (Wildman–Crippen LogP) is 1.18. The van der Waals surface area contributed by atoms with Gasteiger partial charge in [0, 0.05) is 13.7 Å². The molecule has 3 heteroatoms. The maximum absolute atomic E-state index is 5.71. The molecule has 0 aliphatic carbocycles. The second kappa shape index (κ2) is 4.34. The van der Waals surface area contributed by atoms with E-state index in [0.29, 0.717) is 12.4 Å². The van der Waals surface area contributed by atoms with Gasteiger partial charge in [-0.05, 0) is 20.3 Å². The maximum atomic E-state index is 5.71. The topological polar surface area (TPSA) is 47.6 Å². The summed E-state index contributed by atoms with van der Waals surface area (Å²) >= 11 is 0. The molecule has 1 unspecified atom stereocenters. The van der Waals surface area contributed by atoms with Crippen LogP contribution >= 0.6 is 0 Å². The fourth-order valence-electron chi connectivity index (χ4n) is 0.768. The molecular weight excluding hydrogens is 140 g/mol. The van der Waals surface area contributed by atoms with Crippen LogP contribution in [-0.2, 0) is 4.74 Å². The summed E-state index contributed by atoms with van der Waals surface area (Å²) in [6.45, 7) is 6.65. The molecule has 0 saturated carbocycles. The quantitative estimate of drug-likeness (QED) is 0.493. The van der Waals surface area contributed by atoms with Gasteiger partial charge in [-0.15, -0.1) is 0 Å². The molecule has 0 fully saturated rings. The Balaban J connectivity index is 4.36. The number of aliphatic imine (C=N–C) groups is 1. The van der Waals surface area contributed by atoms with Crippen LogP contribution in [0.3, 0.4) is 0 Å². The summed E-state index contributed by atoms with van der Waals surface area (Å²) in [4.78, 5) is 4.11. The second-order valence-electron chi connectivity index (χ2n) is 2.65. The molecule has 0 aromatic heterocycles. The van der Waals surface area contributed by atoms with Crippen molar-refractivity contribution in [2.75, 3.05) is 13.7 Å². The van der Waals surface area contributed by atoms with Crippen molar-refractivity contribution in [1.82, 2.24) is 0 Å². The Hall–Kier alpha value is -0.570. The van der Waals surface area contributed by atoms with Crippen molar-refractivity contribution in [3.63, 3.8) is 0 Å². The van der Waals surface area contributed by atoms with Crippen molar-refractivity contribution in [2.24, 2.45) is 10.7 Å². The minimum atomic E-state index is -0.379. The Labute approximate surface area is 68.6 Å². The molecule has 0 aromatic carbocycles. The zero-order chi connectivity index (χ0) is 8.91. The van der Waals surface area contributed by atoms with Gasteiger partial charge in [-0.1, -0.05) is 6.92 Å². The average molecular weight is 158 g/mol. The van der Waals surface area contributed by atoms with Crippen LogP contribution < -0.4 is 5.73 Å². The molecule has 0 saturated heterocycles. The lowest BCUT2D eigenvalue weighted by Gasteiger charge is -2.25. The smallest absolute Gasteiger partial charge is 0.126 e. The van der Waals surface area contributed by atoms with Gasteiger partial charge in [-0.3, -0.25) is 4.99 Å². The first-order chi connectivity index (χ1) is 5.10. The molecule has 11 heavy (non-hydrogen) atoms. The number of hydrogen-bond donors (Lipinski definition) is 1. The number of rotatable bonds is 4. The van der Waals surface area contributed by atoms with E-state index in [1.807, 2.05) is 20.8 Å². The van der Waals surface area contributed by atoms with Crippen LogP contribution in [0, 0.1) is 0 Å². The van der Waals surface area contributed by atoms with Crippen LogP contribution in [-0.4, -0.2) is 25.1 Å². The molecule has 0 aromatic rings. The molecule has 0 amide bonds. The number of ether oxygens (including phenoxy) is 1. The summed E-state index contributed by atoms with van der Waals surface area (Å²) in [6.07, 6.45) is 0.846. The lowest BCUT2D eigenvalue weighted by Crippen LogP contribution is -2.42. The molecule has 3 nitrogen and oxygen atoms in total. The van der Waals surface area contributed by atoms with E-state index in [9.17, 15) is 0 Å². The molecular formula is C8H18N2O. The standard InChI is InChI=1S/C8H18N2O/c1-5-8(3,11-4)7(9)10-6-2/h5-6H2,1-4H3,(H2,9,10). The Morgan fingerprint density at radius 2 is 2.09 bits per heavy atom. The molecule has 0 aliphatic heterocycles. The van der Waals surface area contributed by atoms with Crippen molar-refractivity contribution < 1.29 is 4.74 Å². The van der Waals surface area contributed by atoms with Gasteiger partial charge in [-0.25, -0.2) is 0 Å². The normalized spacial score (nSPS) is 18.0. The summed E-state index contributed by atoms with van der Waals surface area (Å²) in [5.74, 6) is 0.588. The molecule has 0 bridgehead atoms. The summed E-state index contributed by atoms with van der Waals surface area (Å²) in [7, 11) is 1.65. The van der Waals surface area contributed by atoms with Gasteiger partial charge in [0.05, 0.1) is 0 Å². The number of nitrogens with zero attached hydrogens (tertiary/aromatic N) is 1. The Morgan fingerprint density at radius 3 is 2.36 bits per heavy atom. The number of nitrogens with two attached hydrogens (primary N) is 1. The van der Waals surface area contributed by atoms with Crippen LogP contribution in [0.4, 0.5) is 0 Å². The zero-order valence-electron chi connectivity index (χ0n) is 7.85. The van der Waals surface area contributed by atoms with Crippen LogP contribution in [0.2, 0.25) is 0 Å². The Morgan fingerprint density at radius 1 is 1.55 bits per heavy atom. The van der Waals surface area contributed by atoms with Crippen LogP contribution in [0.1, 0.15) is 27.2 Å². The molecule has 2 N–H and O–H groups in total. The van der Waals surface area contributed by atoms with E-state index in [2.05, 4.69) is 4.99 Å². The highest BCUT2D eigenvalue weighted by molar-refractivity contribution is 5.88. The minimum absolute atomic E-state index is 0.379. The highest BCUT2D eigenvalue weighted by Gasteiger charge is 2.25. The van der Waals surface area contributed by atoms with Crippen molar-refractivity contribution in [1.29, 1.82) is 0 Å².